The summed E-state index contributed by atoms with van der Waals surface area (Å²) in [5.74, 6) is -0.381. The number of rotatable bonds is 2. The monoisotopic (exact) mass is 170 g/mol. The first-order chi connectivity index (χ1) is 5.72. The Morgan fingerprint density at radius 1 is 1.83 bits per heavy atom. The van der Waals surface area contributed by atoms with Gasteiger partial charge in [0.15, 0.2) is 0 Å². The Bertz CT molecular complexity index is 231. The first-order valence-corrected chi connectivity index (χ1v) is 3.83. The molecule has 0 heterocycles. The van der Waals surface area contributed by atoms with Gasteiger partial charge < -0.3 is 4.74 Å². The molecule has 1 unspecified atom stereocenters. The lowest BCUT2D eigenvalue weighted by Gasteiger charge is -2.11. The molecule has 3 heteroatoms. The van der Waals surface area contributed by atoms with Gasteiger partial charge in [-0.2, -0.15) is 0 Å². The van der Waals surface area contributed by atoms with Crippen LogP contribution < -0.4 is 0 Å². The van der Waals surface area contributed by atoms with Crippen LogP contribution in [0.2, 0.25) is 0 Å². The van der Waals surface area contributed by atoms with Gasteiger partial charge in [0, 0.05) is 0 Å². The van der Waals surface area contributed by atoms with Gasteiger partial charge in [0.2, 0.25) is 0 Å². The van der Waals surface area contributed by atoms with Gasteiger partial charge in [0.05, 0.1) is 13.5 Å². The molecule has 2 nitrogen and oxygen atoms in total. The molecule has 0 aliphatic heterocycles. The molecule has 0 fully saturated rings. The largest absolute Gasteiger partial charge is 0.469 e. The SMILES string of the molecule is COC(=O)CC1C=CC(F)=CC1. The molecule has 66 valence electrons. The molecule has 0 aromatic heterocycles. The van der Waals surface area contributed by atoms with E-state index in [0.717, 1.165) is 0 Å². The summed E-state index contributed by atoms with van der Waals surface area (Å²) in [5.41, 5.74) is 0. The number of allylic oxidation sites excluding steroid dienone is 4. The second kappa shape index (κ2) is 4.04. The summed E-state index contributed by atoms with van der Waals surface area (Å²) in [6, 6.07) is 0. The Balaban J connectivity index is 2.38. The fourth-order valence-electron chi connectivity index (χ4n) is 1.09. The fraction of sp³-hybridized carbons (Fsp3) is 0.444. The molecule has 0 spiro atoms. The maximum Gasteiger partial charge on any atom is 0.306 e. The predicted octanol–water partition coefficient (Wildman–Crippen LogP) is 1.98. The first kappa shape index (κ1) is 8.97. The maximum atomic E-state index is 12.4. The van der Waals surface area contributed by atoms with Crippen molar-refractivity contribution in [3.8, 4) is 0 Å². The molecule has 0 saturated carbocycles. The Hall–Kier alpha value is -1.12. The number of carbonyl (C=O) groups excluding carboxylic acids is 1. The number of halogens is 1. The quantitative estimate of drug-likeness (QED) is 0.592. The van der Waals surface area contributed by atoms with Crippen LogP contribution in [0.3, 0.4) is 0 Å². The molecule has 0 amide bonds. The van der Waals surface area contributed by atoms with Crippen LogP contribution in [0, 0.1) is 5.92 Å². The number of hydrogen-bond acceptors (Lipinski definition) is 2. The summed E-state index contributed by atoms with van der Waals surface area (Å²) in [6.07, 6.45) is 5.48. The summed E-state index contributed by atoms with van der Waals surface area (Å²) < 4.78 is 16.9. The van der Waals surface area contributed by atoms with Gasteiger partial charge in [-0.3, -0.25) is 4.79 Å². The lowest BCUT2D eigenvalue weighted by Crippen LogP contribution is -2.08. The molecule has 0 bridgehead atoms. The molecule has 0 radical (unpaired) electrons. The number of ether oxygens (including phenoxy) is 1. The van der Waals surface area contributed by atoms with Crippen molar-refractivity contribution in [2.24, 2.45) is 5.92 Å². The topological polar surface area (TPSA) is 26.3 Å². The molecule has 0 aromatic carbocycles. The van der Waals surface area contributed by atoms with Gasteiger partial charge in [0.1, 0.15) is 5.83 Å². The van der Waals surface area contributed by atoms with Gasteiger partial charge in [-0.05, 0) is 24.5 Å². The van der Waals surface area contributed by atoms with E-state index in [-0.39, 0.29) is 17.7 Å². The zero-order valence-electron chi connectivity index (χ0n) is 6.92. The number of methoxy groups -OCH3 is 1. The maximum absolute atomic E-state index is 12.4. The summed E-state index contributed by atoms with van der Waals surface area (Å²) in [6.45, 7) is 0. The Labute approximate surface area is 70.7 Å². The normalized spacial score (nSPS) is 21.8. The van der Waals surface area contributed by atoms with E-state index in [1.54, 1.807) is 6.08 Å². The molecular weight excluding hydrogens is 159 g/mol. The van der Waals surface area contributed by atoms with Crippen LogP contribution in [0.4, 0.5) is 4.39 Å². The summed E-state index contributed by atoms with van der Waals surface area (Å²) in [7, 11) is 1.35. The predicted molar refractivity (Wildman–Crippen MR) is 43.1 cm³/mol. The zero-order chi connectivity index (χ0) is 8.97. The Morgan fingerprint density at radius 3 is 3.08 bits per heavy atom. The molecule has 1 atom stereocenters. The van der Waals surface area contributed by atoms with Gasteiger partial charge in [-0.25, -0.2) is 4.39 Å². The molecule has 1 rings (SSSR count). The molecule has 0 N–H and O–H groups in total. The lowest BCUT2D eigenvalue weighted by atomic mass is 9.97. The van der Waals surface area contributed by atoms with Gasteiger partial charge in [-0.15, -0.1) is 0 Å². The van der Waals surface area contributed by atoms with Crippen LogP contribution in [-0.2, 0) is 9.53 Å². The minimum absolute atomic E-state index is 0.0944. The highest BCUT2D eigenvalue weighted by Gasteiger charge is 2.12. The Kier molecular flexibility index (Phi) is 3.02. The van der Waals surface area contributed by atoms with Crippen LogP contribution in [0.5, 0.6) is 0 Å². The van der Waals surface area contributed by atoms with E-state index in [1.807, 2.05) is 0 Å². The van der Waals surface area contributed by atoms with Crippen molar-refractivity contribution in [2.45, 2.75) is 12.8 Å². The van der Waals surface area contributed by atoms with Crippen LogP contribution >= 0.6 is 0 Å². The first-order valence-electron chi connectivity index (χ1n) is 3.83. The molecule has 0 aromatic rings. The molecule has 1 aliphatic rings. The van der Waals surface area contributed by atoms with Crippen molar-refractivity contribution in [3.05, 3.63) is 24.1 Å². The third kappa shape index (κ3) is 2.49. The van der Waals surface area contributed by atoms with E-state index in [0.29, 0.717) is 12.8 Å². The number of esters is 1. The second-order valence-electron chi connectivity index (χ2n) is 2.72. The van der Waals surface area contributed by atoms with E-state index in [4.69, 9.17) is 0 Å². The van der Waals surface area contributed by atoms with Gasteiger partial charge >= 0.3 is 5.97 Å². The molecule has 0 saturated heterocycles. The highest BCUT2D eigenvalue weighted by atomic mass is 19.1. The average Bonchev–Trinajstić information content (AvgIpc) is 2.09. The Morgan fingerprint density at radius 2 is 2.58 bits per heavy atom. The van der Waals surface area contributed by atoms with Crippen molar-refractivity contribution in [2.75, 3.05) is 7.11 Å². The van der Waals surface area contributed by atoms with Crippen molar-refractivity contribution < 1.29 is 13.9 Å². The third-order valence-corrected chi connectivity index (χ3v) is 1.80. The molecule has 12 heavy (non-hydrogen) atoms. The average molecular weight is 170 g/mol. The van der Waals surface area contributed by atoms with E-state index in [1.165, 1.54) is 19.3 Å². The van der Waals surface area contributed by atoms with Crippen molar-refractivity contribution >= 4 is 5.97 Å². The standard InChI is InChI=1S/C9H11FO2/c1-12-9(11)6-7-2-4-8(10)5-3-7/h2,4-5,7H,3,6H2,1H3. The van der Waals surface area contributed by atoms with E-state index < -0.39 is 0 Å². The third-order valence-electron chi connectivity index (χ3n) is 1.80. The molecule has 1 aliphatic carbocycles. The molecular formula is C9H11FO2. The van der Waals surface area contributed by atoms with Crippen LogP contribution in [-0.4, -0.2) is 13.1 Å². The minimum Gasteiger partial charge on any atom is -0.469 e. The number of carbonyl (C=O) groups is 1. The summed E-state index contributed by atoms with van der Waals surface area (Å²) in [4.78, 5) is 10.8. The van der Waals surface area contributed by atoms with Crippen LogP contribution in [0.15, 0.2) is 24.1 Å². The number of hydrogen-bond donors (Lipinski definition) is 0. The second-order valence-corrected chi connectivity index (χ2v) is 2.72. The van der Waals surface area contributed by atoms with E-state index in [9.17, 15) is 9.18 Å². The van der Waals surface area contributed by atoms with Gasteiger partial charge in [-0.1, -0.05) is 6.08 Å². The van der Waals surface area contributed by atoms with E-state index >= 15 is 0 Å². The fourth-order valence-corrected chi connectivity index (χ4v) is 1.09. The zero-order valence-corrected chi connectivity index (χ0v) is 6.92. The minimum atomic E-state index is -0.250. The van der Waals surface area contributed by atoms with Gasteiger partial charge in [0.25, 0.3) is 0 Å². The lowest BCUT2D eigenvalue weighted by molar-refractivity contribution is -0.141. The van der Waals surface area contributed by atoms with E-state index in [2.05, 4.69) is 4.74 Å². The van der Waals surface area contributed by atoms with Crippen molar-refractivity contribution in [1.82, 2.24) is 0 Å². The highest BCUT2D eigenvalue weighted by molar-refractivity contribution is 5.69. The summed E-state index contributed by atoms with van der Waals surface area (Å²) >= 11 is 0. The summed E-state index contributed by atoms with van der Waals surface area (Å²) in [5, 5.41) is 0. The smallest absolute Gasteiger partial charge is 0.306 e. The van der Waals surface area contributed by atoms with Crippen molar-refractivity contribution in [1.29, 1.82) is 0 Å². The van der Waals surface area contributed by atoms with Crippen LogP contribution in [0.25, 0.3) is 0 Å². The highest BCUT2D eigenvalue weighted by Crippen LogP contribution is 2.19. The van der Waals surface area contributed by atoms with Crippen molar-refractivity contribution in [3.63, 3.8) is 0 Å². The van der Waals surface area contributed by atoms with Crippen LogP contribution in [0.1, 0.15) is 12.8 Å².